The molecule has 0 atom stereocenters. The van der Waals surface area contributed by atoms with Gasteiger partial charge in [0.05, 0.1) is 9.79 Å². The molecule has 0 aromatic heterocycles. The van der Waals surface area contributed by atoms with Crippen molar-refractivity contribution in [3.8, 4) is 0 Å². The summed E-state index contributed by atoms with van der Waals surface area (Å²) in [5.74, 6) is -0.0744. The standard InChI is InChI=1S/C19H24O6S2/c1-4-15(11-16-9-13(2)5-7-18(16)26(20,21)22)12-17-10-14(3)6-8-19(17)27(23,24)25/h5-10,15H,4,11-12H2,1-3H3,(H,20,21,22)(H,23,24,25). The highest BCUT2D eigenvalue weighted by Crippen LogP contribution is 2.27. The van der Waals surface area contributed by atoms with Crippen LogP contribution in [0.4, 0.5) is 0 Å². The molecule has 0 saturated carbocycles. The molecule has 6 nitrogen and oxygen atoms in total. The van der Waals surface area contributed by atoms with Crippen LogP contribution in [0.15, 0.2) is 46.2 Å². The highest BCUT2D eigenvalue weighted by atomic mass is 32.2. The molecule has 2 aromatic rings. The molecule has 0 aliphatic carbocycles. The summed E-state index contributed by atoms with van der Waals surface area (Å²) in [6.07, 6.45) is 1.37. The maximum absolute atomic E-state index is 11.7. The number of hydrogen-bond donors (Lipinski definition) is 2. The van der Waals surface area contributed by atoms with Gasteiger partial charge >= 0.3 is 0 Å². The van der Waals surface area contributed by atoms with Gasteiger partial charge in [-0.2, -0.15) is 16.8 Å². The van der Waals surface area contributed by atoms with Crippen molar-refractivity contribution in [2.45, 2.75) is 49.8 Å². The van der Waals surface area contributed by atoms with E-state index < -0.39 is 20.2 Å². The summed E-state index contributed by atoms with van der Waals surface area (Å²) in [6, 6.07) is 9.42. The average molecular weight is 413 g/mol. The molecule has 2 aromatic carbocycles. The van der Waals surface area contributed by atoms with E-state index in [1.165, 1.54) is 12.1 Å². The van der Waals surface area contributed by atoms with Crippen molar-refractivity contribution in [2.75, 3.05) is 0 Å². The van der Waals surface area contributed by atoms with Crippen molar-refractivity contribution < 1.29 is 25.9 Å². The zero-order valence-electron chi connectivity index (χ0n) is 15.5. The van der Waals surface area contributed by atoms with E-state index in [0.717, 1.165) is 11.1 Å². The Kier molecular flexibility index (Phi) is 6.47. The zero-order chi connectivity index (χ0) is 20.4. The predicted octanol–water partition coefficient (Wildman–Crippen LogP) is 3.61. The molecule has 2 N–H and O–H groups in total. The predicted molar refractivity (Wildman–Crippen MR) is 103 cm³/mol. The summed E-state index contributed by atoms with van der Waals surface area (Å²) in [4.78, 5) is -0.267. The van der Waals surface area contributed by atoms with Crippen molar-refractivity contribution in [1.29, 1.82) is 0 Å². The van der Waals surface area contributed by atoms with E-state index in [1.54, 1.807) is 24.3 Å². The fourth-order valence-corrected chi connectivity index (χ4v) is 4.65. The lowest BCUT2D eigenvalue weighted by Gasteiger charge is -2.19. The molecule has 8 heteroatoms. The summed E-state index contributed by atoms with van der Waals surface area (Å²) in [5, 5.41) is 0. The zero-order valence-corrected chi connectivity index (χ0v) is 17.1. The van der Waals surface area contributed by atoms with Gasteiger partial charge in [-0.1, -0.05) is 48.7 Å². The molecule has 0 saturated heterocycles. The van der Waals surface area contributed by atoms with Gasteiger partial charge in [-0.05, 0) is 55.9 Å². The summed E-state index contributed by atoms with van der Waals surface area (Å²) in [7, 11) is -8.70. The maximum atomic E-state index is 11.7. The molecule has 0 heterocycles. The number of benzene rings is 2. The van der Waals surface area contributed by atoms with Crippen LogP contribution >= 0.6 is 0 Å². The smallest absolute Gasteiger partial charge is 0.282 e. The first-order valence-corrected chi connectivity index (χ1v) is 11.4. The third kappa shape index (κ3) is 5.62. The molecule has 0 unspecified atom stereocenters. The first-order valence-electron chi connectivity index (χ1n) is 8.56. The Labute approximate surface area is 160 Å². The molecule has 0 spiro atoms. The fraction of sp³-hybridized carbons (Fsp3) is 0.368. The highest BCUT2D eigenvalue weighted by Gasteiger charge is 2.21. The van der Waals surface area contributed by atoms with Crippen molar-refractivity contribution in [3.63, 3.8) is 0 Å². The Morgan fingerprint density at radius 3 is 1.44 bits per heavy atom. The largest absolute Gasteiger partial charge is 0.294 e. The van der Waals surface area contributed by atoms with Gasteiger partial charge in [-0.15, -0.1) is 0 Å². The minimum atomic E-state index is -4.35. The number of rotatable bonds is 7. The van der Waals surface area contributed by atoms with Gasteiger partial charge in [0.2, 0.25) is 0 Å². The molecular weight excluding hydrogens is 388 g/mol. The first kappa shape index (κ1) is 21.6. The Morgan fingerprint density at radius 2 is 1.15 bits per heavy atom. The van der Waals surface area contributed by atoms with Crippen molar-refractivity contribution in [1.82, 2.24) is 0 Å². The Hall–Kier alpha value is -1.74. The van der Waals surface area contributed by atoms with Crippen LogP contribution in [-0.2, 0) is 33.1 Å². The lowest BCUT2D eigenvalue weighted by molar-refractivity contribution is 0.470. The fourth-order valence-electron chi connectivity index (χ4n) is 3.22. The Balaban J connectivity index is 2.42. The van der Waals surface area contributed by atoms with Gasteiger partial charge in [-0.3, -0.25) is 9.11 Å². The summed E-state index contributed by atoms with van der Waals surface area (Å²) in [5.41, 5.74) is 2.71. The van der Waals surface area contributed by atoms with Crippen LogP contribution < -0.4 is 0 Å². The van der Waals surface area contributed by atoms with E-state index in [0.29, 0.717) is 30.4 Å². The molecule has 0 aliphatic rings. The normalized spacial score (nSPS) is 12.5. The van der Waals surface area contributed by atoms with Crippen LogP contribution in [0.5, 0.6) is 0 Å². The van der Waals surface area contributed by atoms with Crippen LogP contribution in [0, 0.1) is 19.8 Å². The molecule has 148 valence electrons. The Morgan fingerprint density at radius 1 is 0.778 bits per heavy atom. The lowest BCUT2D eigenvalue weighted by Crippen LogP contribution is -2.13. The van der Waals surface area contributed by atoms with Gasteiger partial charge in [0.25, 0.3) is 20.2 Å². The minimum Gasteiger partial charge on any atom is -0.282 e. The van der Waals surface area contributed by atoms with Crippen LogP contribution in [0.25, 0.3) is 0 Å². The van der Waals surface area contributed by atoms with Crippen LogP contribution in [-0.4, -0.2) is 25.9 Å². The van der Waals surface area contributed by atoms with Crippen LogP contribution in [0.1, 0.15) is 35.6 Å². The molecule has 0 bridgehead atoms. The van der Waals surface area contributed by atoms with Gasteiger partial charge in [-0.25, -0.2) is 0 Å². The molecule has 0 radical (unpaired) electrons. The van der Waals surface area contributed by atoms with Crippen LogP contribution in [0.2, 0.25) is 0 Å². The first-order chi connectivity index (χ1) is 12.4. The van der Waals surface area contributed by atoms with E-state index in [9.17, 15) is 25.9 Å². The van der Waals surface area contributed by atoms with Crippen LogP contribution in [0.3, 0.4) is 0 Å². The lowest BCUT2D eigenvalue weighted by atomic mass is 9.89. The topological polar surface area (TPSA) is 109 Å². The molecule has 0 amide bonds. The quantitative estimate of drug-likeness (QED) is 0.673. The average Bonchev–Trinajstić information content (AvgIpc) is 2.52. The third-order valence-electron chi connectivity index (χ3n) is 4.58. The van der Waals surface area contributed by atoms with Gasteiger partial charge < -0.3 is 0 Å². The van der Waals surface area contributed by atoms with Crippen molar-refractivity contribution in [2.24, 2.45) is 5.92 Å². The van der Waals surface area contributed by atoms with E-state index in [-0.39, 0.29) is 15.7 Å². The molecule has 0 fully saturated rings. The summed E-state index contributed by atoms with van der Waals surface area (Å²) in [6.45, 7) is 5.58. The molecule has 27 heavy (non-hydrogen) atoms. The van der Waals surface area contributed by atoms with E-state index in [4.69, 9.17) is 0 Å². The number of hydrogen-bond acceptors (Lipinski definition) is 4. The second-order valence-corrected chi connectivity index (χ2v) is 9.63. The van der Waals surface area contributed by atoms with E-state index >= 15 is 0 Å². The third-order valence-corrected chi connectivity index (χ3v) is 6.49. The second kappa shape index (κ2) is 8.10. The molecule has 2 rings (SSSR count). The maximum Gasteiger partial charge on any atom is 0.294 e. The molecular formula is C19H24O6S2. The van der Waals surface area contributed by atoms with Gasteiger partial charge in [0.1, 0.15) is 0 Å². The number of aryl methyl sites for hydroxylation is 2. The minimum absolute atomic E-state index is 0.0744. The van der Waals surface area contributed by atoms with E-state index in [2.05, 4.69) is 0 Å². The van der Waals surface area contributed by atoms with E-state index in [1.807, 2.05) is 20.8 Å². The SMILES string of the molecule is CCC(Cc1cc(C)ccc1S(=O)(=O)O)Cc1cc(C)ccc1S(=O)(=O)O. The second-order valence-electron chi connectivity index (χ2n) is 6.86. The van der Waals surface area contributed by atoms with Gasteiger partial charge in [0.15, 0.2) is 0 Å². The highest BCUT2D eigenvalue weighted by molar-refractivity contribution is 7.86. The van der Waals surface area contributed by atoms with Crippen molar-refractivity contribution >= 4 is 20.2 Å². The summed E-state index contributed by atoms with van der Waals surface area (Å²) >= 11 is 0. The summed E-state index contributed by atoms with van der Waals surface area (Å²) < 4.78 is 65.6. The Bertz CT molecular complexity index is 956. The van der Waals surface area contributed by atoms with Gasteiger partial charge in [0, 0.05) is 0 Å². The van der Waals surface area contributed by atoms with Crippen molar-refractivity contribution in [3.05, 3.63) is 58.7 Å². The molecule has 0 aliphatic heterocycles. The monoisotopic (exact) mass is 412 g/mol.